The van der Waals surface area contributed by atoms with Gasteiger partial charge >= 0.3 is 0 Å². The van der Waals surface area contributed by atoms with Crippen LogP contribution in [0.5, 0.6) is 0 Å². The second-order valence-electron chi connectivity index (χ2n) is 6.11. The molecule has 0 aliphatic rings. The number of rotatable bonds is 3. The minimum Gasteiger partial charge on any atom is -0.383 e. The lowest BCUT2D eigenvalue weighted by Crippen LogP contribution is -2.00. The van der Waals surface area contributed by atoms with Crippen molar-refractivity contribution in [1.29, 1.82) is 5.26 Å². The minimum atomic E-state index is 0.223. The third-order valence-corrected chi connectivity index (χ3v) is 4.42. The normalized spacial score (nSPS) is 10.3. The molecule has 27 heavy (non-hydrogen) atoms. The van der Waals surface area contributed by atoms with E-state index in [1.165, 1.54) is 0 Å². The summed E-state index contributed by atoms with van der Waals surface area (Å²) in [4.78, 5) is 8.58. The van der Waals surface area contributed by atoms with Crippen molar-refractivity contribution in [3.63, 3.8) is 0 Å². The maximum atomic E-state index is 9.49. The van der Waals surface area contributed by atoms with Gasteiger partial charge in [0.05, 0.1) is 5.69 Å². The van der Waals surface area contributed by atoms with E-state index in [0.29, 0.717) is 5.56 Å². The molecule has 2 heterocycles. The first-order valence-electron chi connectivity index (χ1n) is 8.53. The van der Waals surface area contributed by atoms with Crippen molar-refractivity contribution in [2.45, 2.75) is 0 Å². The van der Waals surface area contributed by atoms with Crippen molar-refractivity contribution >= 4 is 5.82 Å². The first-order chi connectivity index (χ1) is 13.3. The van der Waals surface area contributed by atoms with Crippen molar-refractivity contribution in [2.75, 3.05) is 5.73 Å². The summed E-state index contributed by atoms with van der Waals surface area (Å²) in [5.41, 5.74) is 12.0. The highest BCUT2D eigenvalue weighted by Crippen LogP contribution is 2.31. The minimum absolute atomic E-state index is 0.223. The molecular weight excluding hydrogens is 332 g/mol. The van der Waals surface area contributed by atoms with E-state index < -0.39 is 0 Å². The zero-order chi connectivity index (χ0) is 18.6. The summed E-state index contributed by atoms with van der Waals surface area (Å²) >= 11 is 0. The van der Waals surface area contributed by atoms with E-state index in [4.69, 9.17) is 5.73 Å². The SMILES string of the molecule is N#Cc1c(-c2cccnc2)cc(-c2ccc(-c3ccccc3)cc2)nc1N. The number of nitrogens with zero attached hydrogens (tertiary/aromatic N) is 3. The Morgan fingerprint density at radius 1 is 0.778 bits per heavy atom. The largest absolute Gasteiger partial charge is 0.383 e. The van der Waals surface area contributed by atoms with E-state index in [-0.39, 0.29) is 5.82 Å². The fourth-order valence-electron chi connectivity index (χ4n) is 3.04. The summed E-state index contributed by atoms with van der Waals surface area (Å²) < 4.78 is 0. The van der Waals surface area contributed by atoms with Gasteiger partial charge in [-0.2, -0.15) is 5.26 Å². The van der Waals surface area contributed by atoms with Gasteiger partial charge in [0.25, 0.3) is 0 Å². The summed E-state index contributed by atoms with van der Waals surface area (Å²) in [5.74, 6) is 0.223. The first-order valence-corrected chi connectivity index (χ1v) is 8.53. The van der Waals surface area contributed by atoms with Crippen molar-refractivity contribution in [3.8, 4) is 39.6 Å². The maximum absolute atomic E-state index is 9.49. The average Bonchev–Trinajstić information content (AvgIpc) is 2.74. The van der Waals surface area contributed by atoms with Gasteiger partial charge < -0.3 is 5.73 Å². The van der Waals surface area contributed by atoms with Crippen LogP contribution in [0, 0.1) is 11.3 Å². The van der Waals surface area contributed by atoms with Crippen LogP contribution in [0.3, 0.4) is 0 Å². The predicted molar refractivity (Wildman–Crippen MR) is 107 cm³/mol. The van der Waals surface area contributed by atoms with E-state index in [1.807, 2.05) is 48.5 Å². The third-order valence-electron chi connectivity index (χ3n) is 4.42. The molecule has 0 saturated carbocycles. The second kappa shape index (κ2) is 7.11. The van der Waals surface area contributed by atoms with E-state index in [2.05, 4.69) is 40.3 Å². The number of nitriles is 1. The van der Waals surface area contributed by atoms with Crippen molar-refractivity contribution in [2.24, 2.45) is 0 Å². The molecule has 0 fully saturated rings. The Labute approximate surface area is 157 Å². The molecule has 0 spiro atoms. The number of benzene rings is 2. The molecule has 0 bridgehead atoms. The molecule has 0 atom stereocenters. The van der Waals surface area contributed by atoms with Crippen LogP contribution in [0.25, 0.3) is 33.5 Å². The van der Waals surface area contributed by atoms with Crippen molar-refractivity contribution in [3.05, 3.63) is 90.8 Å². The molecular formula is C23H16N4. The molecule has 2 N–H and O–H groups in total. The van der Waals surface area contributed by atoms with E-state index in [0.717, 1.165) is 33.5 Å². The lowest BCUT2D eigenvalue weighted by molar-refractivity contribution is 1.29. The molecule has 0 amide bonds. The molecule has 0 aliphatic heterocycles. The molecule has 0 saturated heterocycles. The van der Waals surface area contributed by atoms with Crippen LogP contribution < -0.4 is 5.73 Å². The van der Waals surface area contributed by atoms with E-state index >= 15 is 0 Å². The van der Waals surface area contributed by atoms with Gasteiger partial charge in [0.15, 0.2) is 0 Å². The van der Waals surface area contributed by atoms with Gasteiger partial charge in [0.2, 0.25) is 0 Å². The lowest BCUT2D eigenvalue weighted by Gasteiger charge is -2.10. The number of aromatic nitrogens is 2. The Hall–Kier alpha value is -3.97. The highest BCUT2D eigenvalue weighted by Gasteiger charge is 2.13. The summed E-state index contributed by atoms with van der Waals surface area (Å²) in [5, 5.41) is 9.49. The highest BCUT2D eigenvalue weighted by molar-refractivity contribution is 5.80. The maximum Gasteiger partial charge on any atom is 0.142 e. The zero-order valence-electron chi connectivity index (χ0n) is 14.5. The van der Waals surface area contributed by atoms with Crippen LogP contribution in [0.2, 0.25) is 0 Å². The fourth-order valence-corrected chi connectivity index (χ4v) is 3.04. The zero-order valence-corrected chi connectivity index (χ0v) is 14.5. The molecule has 4 rings (SSSR count). The number of hydrogen-bond donors (Lipinski definition) is 1. The molecule has 2 aromatic heterocycles. The van der Waals surface area contributed by atoms with E-state index in [1.54, 1.807) is 12.4 Å². The third kappa shape index (κ3) is 3.26. The predicted octanol–water partition coefficient (Wildman–Crippen LogP) is 4.93. The van der Waals surface area contributed by atoms with Crippen molar-refractivity contribution < 1.29 is 0 Å². The molecule has 4 aromatic rings. The summed E-state index contributed by atoms with van der Waals surface area (Å²) in [7, 11) is 0. The van der Waals surface area contributed by atoms with Crippen LogP contribution in [0.15, 0.2) is 85.2 Å². The topological polar surface area (TPSA) is 75.6 Å². The summed E-state index contributed by atoms with van der Waals surface area (Å²) in [6.07, 6.45) is 3.42. The van der Waals surface area contributed by atoms with Crippen LogP contribution in [0.4, 0.5) is 5.82 Å². The van der Waals surface area contributed by atoms with Crippen LogP contribution in [0.1, 0.15) is 5.56 Å². The van der Waals surface area contributed by atoms with Gasteiger partial charge in [0, 0.05) is 29.1 Å². The molecule has 128 valence electrons. The monoisotopic (exact) mass is 348 g/mol. The Kier molecular flexibility index (Phi) is 4.34. The smallest absolute Gasteiger partial charge is 0.142 e. The number of hydrogen-bond acceptors (Lipinski definition) is 4. The van der Waals surface area contributed by atoms with Gasteiger partial charge in [-0.15, -0.1) is 0 Å². The standard InChI is InChI=1S/C23H16N4/c24-14-21-20(19-7-4-12-26-15-19)13-22(27-23(21)25)18-10-8-17(9-11-18)16-5-2-1-3-6-16/h1-13,15H,(H2,25,27). The quantitative estimate of drug-likeness (QED) is 0.569. The highest BCUT2D eigenvalue weighted by atomic mass is 14.8. The Morgan fingerprint density at radius 2 is 1.44 bits per heavy atom. The van der Waals surface area contributed by atoms with Crippen LogP contribution >= 0.6 is 0 Å². The Morgan fingerprint density at radius 3 is 2.11 bits per heavy atom. The van der Waals surface area contributed by atoms with Gasteiger partial charge in [-0.3, -0.25) is 4.98 Å². The molecule has 2 aromatic carbocycles. The summed E-state index contributed by atoms with van der Waals surface area (Å²) in [6, 6.07) is 26.1. The number of nitrogens with two attached hydrogens (primary N) is 1. The molecule has 0 unspecified atom stereocenters. The second-order valence-corrected chi connectivity index (χ2v) is 6.11. The average molecular weight is 348 g/mol. The molecule has 4 nitrogen and oxygen atoms in total. The molecule has 0 radical (unpaired) electrons. The lowest BCUT2D eigenvalue weighted by atomic mass is 9.98. The Balaban J connectivity index is 1.79. The number of anilines is 1. The van der Waals surface area contributed by atoms with Gasteiger partial charge in [-0.05, 0) is 23.3 Å². The molecule has 4 heteroatoms. The van der Waals surface area contributed by atoms with Gasteiger partial charge in [0.1, 0.15) is 17.5 Å². The first kappa shape index (κ1) is 16.5. The van der Waals surface area contributed by atoms with Gasteiger partial charge in [-0.1, -0.05) is 60.7 Å². The van der Waals surface area contributed by atoms with Crippen LogP contribution in [-0.2, 0) is 0 Å². The van der Waals surface area contributed by atoms with Crippen LogP contribution in [-0.4, -0.2) is 9.97 Å². The summed E-state index contributed by atoms with van der Waals surface area (Å²) in [6.45, 7) is 0. The number of nitrogen functional groups attached to an aromatic ring is 1. The fraction of sp³-hybridized carbons (Fsp3) is 0. The van der Waals surface area contributed by atoms with E-state index in [9.17, 15) is 5.26 Å². The molecule has 0 aliphatic carbocycles. The van der Waals surface area contributed by atoms with Crippen molar-refractivity contribution in [1.82, 2.24) is 9.97 Å². The van der Waals surface area contributed by atoms with Gasteiger partial charge in [-0.25, -0.2) is 4.98 Å². The number of pyridine rings is 2. The Bertz CT molecular complexity index is 1110.